The first kappa shape index (κ1) is 43.1. The molecule has 4 aromatic rings. The van der Waals surface area contributed by atoms with E-state index < -0.39 is 10.1 Å². The van der Waals surface area contributed by atoms with Gasteiger partial charge < -0.3 is 10.4 Å². The van der Waals surface area contributed by atoms with E-state index in [-0.39, 0.29) is 49.0 Å². The van der Waals surface area contributed by atoms with Crippen molar-refractivity contribution in [1.29, 1.82) is 0 Å². The Balaban J connectivity index is 0. The number of hydrogen-bond donors (Lipinski definition) is 2. The van der Waals surface area contributed by atoms with Gasteiger partial charge in [-0.25, -0.2) is 10.2 Å². The Morgan fingerprint density at radius 2 is 1.45 bits per heavy atom. The molecule has 1 radical (unpaired) electrons. The molecule has 0 aromatic heterocycles. The number of nitrogens with zero attached hydrogens (tertiary/aromatic N) is 4. The summed E-state index contributed by atoms with van der Waals surface area (Å²) in [6.45, 7) is 16.4. The molecule has 0 amide bonds. The van der Waals surface area contributed by atoms with Gasteiger partial charge in [0.2, 0.25) is 0 Å². The van der Waals surface area contributed by atoms with Gasteiger partial charge in [-0.3, -0.25) is 4.18 Å². The normalized spacial score (nSPS) is 10.1. The second-order valence-electron chi connectivity index (χ2n) is 7.67. The topological polar surface area (TPSA) is 125 Å². The number of hydrogen-bond acceptors (Lipinski definition) is 9. The summed E-state index contributed by atoms with van der Waals surface area (Å²) < 4.78 is 29.7. The van der Waals surface area contributed by atoms with E-state index in [0.717, 1.165) is 12.7 Å². The first-order valence-electron chi connectivity index (χ1n) is 14.4. The Morgan fingerprint density at radius 3 is 1.93 bits per heavy atom. The van der Waals surface area contributed by atoms with Crippen LogP contribution in [0.15, 0.2) is 98.1 Å². The number of nitrogens with one attached hydrogen (secondary N) is 1. The second-order valence-corrected chi connectivity index (χ2v) is 9.35. The van der Waals surface area contributed by atoms with Gasteiger partial charge >= 0.3 is 0 Å². The molecule has 0 aliphatic rings. The molecule has 0 spiro atoms. The fourth-order valence-corrected chi connectivity index (χ4v) is 4.28. The van der Waals surface area contributed by atoms with E-state index >= 15 is 0 Å². The SMILES string of the molecule is CC.CC.CC.CCNc1cccc2cc(S(=O)(=O)OC)c(N=Nc3[c-]cc(N=NC)c(C)c3)c(O)c12.[Y].c1ccccc1. The molecule has 44 heavy (non-hydrogen) atoms. The zero-order valence-electron chi connectivity index (χ0n) is 27.6. The minimum Gasteiger partial charge on any atom is -0.505 e. The molecule has 9 nitrogen and oxygen atoms in total. The van der Waals surface area contributed by atoms with Crippen molar-refractivity contribution in [2.24, 2.45) is 20.5 Å². The smallest absolute Gasteiger partial charge is 0.299 e. The van der Waals surface area contributed by atoms with Crippen molar-refractivity contribution >= 4 is 43.6 Å². The van der Waals surface area contributed by atoms with Gasteiger partial charge in [0, 0.05) is 57.4 Å². The van der Waals surface area contributed by atoms with Crippen LogP contribution in [0.25, 0.3) is 10.8 Å². The largest absolute Gasteiger partial charge is 0.505 e. The molecule has 237 valence electrons. The molecular formula is C33H46N5O4SY-. The molecule has 4 aromatic carbocycles. The van der Waals surface area contributed by atoms with Gasteiger partial charge in [-0.2, -0.15) is 19.6 Å². The molecule has 11 heteroatoms. The maximum absolute atomic E-state index is 12.5. The van der Waals surface area contributed by atoms with Gasteiger partial charge in [0.25, 0.3) is 10.1 Å². The quantitative estimate of drug-likeness (QED) is 0.113. The third-order valence-electron chi connectivity index (χ3n) is 5.18. The van der Waals surface area contributed by atoms with E-state index in [1.807, 2.05) is 91.8 Å². The van der Waals surface area contributed by atoms with E-state index in [2.05, 4.69) is 36.0 Å². The maximum Gasteiger partial charge on any atom is 0.299 e. The first-order chi connectivity index (χ1) is 20.8. The Morgan fingerprint density at radius 1 is 0.886 bits per heavy atom. The number of aryl methyl sites for hydroxylation is 1. The summed E-state index contributed by atoms with van der Waals surface area (Å²) >= 11 is 0. The van der Waals surface area contributed by atoms with Crippen LogP contribution in [0.2, 0.25) is 0 Å². The Hall–Kier alpha value is -3.05. The third-order valence-corrected chi connectivity index (χ3v) is 6.47. The van der Waals surface area contributed by atoms with Crippen molar-refractivity contribution in [2.45, 2.75) is 60.3 Å². The molecule has 0 bridgehead atoms. The average molecular weight is 698 g/mol. The zero-order valence-corrected chi connectivity index (χ0v) is 31.2. The van der Waals surface area contributed by atoms with Gasteiger partial charge in [0.05, 0.1) is 7.11 Å². The minimum atomic E-state index is -4.17. The van der Waals surface area contributed by atoms with E-state index in [4.69, 9.17) is 0 Å². The molecular weight excluding hydrogens is 651 g/mol. The summed E-state index contributed by atoms with van der Waals surface area (Å²) in [5, 5.41) is 31.0. The van der Waals surface area contributed by atoms with Crippen molar-refractivity contribution in [2.75, 3.05) is 26.0 Å². The van der Waals surface area contributed by atoms with Gasteiger partial charge in [0.1, 0.15) is 10.6 Å². The number of anilines is 1. The summed E-state index contributed by atoms with van der Waals surface area (Å²) in [4.78, 5) is -0.287. The number of aromatic hydroxyl groups is 1. The summed E-state index contributed by atoms with van der Waals surface area (Å²) in [6.07, 6.45) is 0. The van der Waals surface area contributed by atoms with Crippen molar-refractivity contribution in [3.8, 4) is 5.75 Å². The number of fused-ring (bicyclic) bond motifs is 1. The van der Waals surface area contributed by atoms with Crippen LogP contribution in [-0.4, -0.2) is 34.2 Å². The summed E-state index contributed by atoms with van der Waals surface area (Å²) in [5.74, 6) is -0.318. The Labute approximate surface area is 289 Å². The summed E-state index contributed by atoms with van der Waals surface area (Å²) in [6, 6.07) is 24.8. The van der Waals surface area contributed by atoms with Crippen molar-refractivity contribution in [3.05, 3.63) is 84.4 Å². The number of phenolic OH excluding ortho intramolecular Hbond substituents is 1. The van der Waals surface area contributed by atoms with Gasteiger partial charge in [-0.15, -0.1) is 22.8 Å². The predicted molar refractivity (Wildman–Crippen MR) is 179 cm³/mol. The maximum atomic E-state index is 12.5. The van der Waals surface area contributed by atoms with Crippen LogP contribution in [0.1, 0.15) is 54.0 Å². The van der Waals surface area contributed by atoms with E-state index in [1.54, 1.807) is 37.4 Å². The van der Waals surface area contributed by atoms with Gasteiger partial charge in [0.15, 0.2) is 5.75 Å². The van der Waals surface area contributed by atoms with Gasteiger partial charge in [-0.05, 0) is 35.8 Å². The fraction of sp³-hybridized carbons (Fsp3) is 0.333. The first-order valence-corrected chi connectivity index (χ1v) is 15.8. The monoisotopic (exact) mass is 697 g/mol. The van der Waals surface area contributed by atoms with Crippen LogP contribution < -0.4 is 5.32 Å². The number of azo groups is 2. The van der Waals surface area contributed by atoms with Crippen molar-refractivity contribution in [1.82, 2.24) is 0 Å². The van der Waals surface area contributed by atoms with Crippen LogP contribution in [0, 0.1) is 13.0 Å². The van der Waals surface area contributed by atoms with Crippen LogP contribution in [0.4, 0.5) is 22.7 Å². The molecule has 0 saturated heterocycles. The van der Waals surface area contributed by atoms with Gasteiger partial charge in [-0.1, -0.05) is 97.0 Å². The molecule has 0 aliphatic heterocycles. The second kappa shape index (κ2) is 24.3. The average Bonchev–Trinajstić information content (AvgIpc) is 3.06. The van der Waals surface area contributed by atoms with Crippen LogP contribution in [0.5, 0.6) is 5.75 Å². The predicted octanol–water partition coefficient (Wildman–Crippen LogP) is 10.3. The molecule has 0 fully saturated rings. The van der Waals surface area contributed by atoms with Crippen LogP contribution >= 0.6 is 0 Å². The number of benzene rings is 4. The molecule has 0 unspecified atom stereocenters. The number of rotatable bonds is 7. The molecule has 0 saturated carbocycles. The summed E-state index contributed by atoms with van der Waals surface area (Å²) in [5.41, 5.74) is 2.19. The van der Waals surface area contributed by atoms with Crippen LogP contribution in [0.3, 0.4) is 0 Å². The minimum absolute atomic E-state index is 0. The molecule has 0 atom stereocenters. The third kappa shape index (κ3) is 12.9. The van der Waals surface area contributed by atoms with Crippen molar-refractivity contribution in [3.63, 3.8) is 0 Å². The Bertz CT molecular complexity index is 1500. The van der Waals surface area contributed by atoms with E-state index in [9.17, 15) is 13.5 Å². The molecule has 0 aliphatic carbocycles. The zero-order chi connectivity index (χ0) is 32.8. The van der Waals surface area contributed by atoms with E-state index in [0.29, 0.717) is 34.4 Å². The molecule has 4 rings (SSSR count). The van der Waals surface area contributed by atoms with Crippen LogP contribution in [-0.2, 0) is 47.0 Å². The number of phenols is 1. The summed E-state index contributed by atoms with van der Waals surface area (Å²) in [7, 11) is -1.56. The Kier molecular flexibility index (Phi) is 23.8. The van der Waals surface area contributed by atoms with Crippen molar-refractivity contribution < 1.29 is 50.4 Å². The van der Waals surface area contributed by atoms with E-state index in [1.165, 1.54) is 6.07 Å². The standard InChI is InChI=1S/C21H22N5O4S.C6H6.3C2H6.Y/c1-5-23-17-8-6-7-14-12-18(31(28,29)30-4)20(21(27)19(14)17)26-24-15-9-10-16(25-22-3)13(2)11-15;1-2-4-6-5-3-1;3*1-2;/h6-8,10-12,23,27H,5H2,1-4H3;1-6H;3*1-2H3;/q-1;;;;;. The molecule has 0 heterocycles. The molecule has 2 N–H and O–H groups in total. The fourth-order valence-electron chi connectivity index (χ4n) is 3.45.